The molecule has 58 heavy (non-hydrogen) atoms. The average molecular weight is 918 g/mol. The first-order valence-electron chi connectivity index (χ1n) is 15.4. The Balaban J connectivity index is 2.26. The van der Waals surface area contributed by atoms with Crippen LogP contribution in [0, 0.1) is 11.3 Å². The van der Waals surface area contributed by atoms with Gasteiger partial charge < -0.3 is 4.84 Å². The van der Waals surface area contributed by atoms with Crippen molar-refractivity contribution in [3.63, 3.8) is 0 Å². The molecule has 1 unspecified atom stereocenters. The third-order valence-corrected chi connectivity index (χ3v) is 14.9. The predicted molar refractivity (Wildman–Crippen MR) is 165 cm³/mol. The van der Waals surface area contributed by atoms with Crippen LogP contribution < -0.4 is 0 Å². The molecule has 1 atom stereocenters. The van der Waals surface area contributed by atoms with E-state index in [2.05, 4.69) is 4.84 Å². The van der Waals surface area contributed by atoms with Gasteiger partial charge >= 0.3 is 27.9 Å². The smallest absolute Gasteiger partial charge is 0.361 e. The molecule has 0 amide bonds. The Morgan fingerprint density at radius 3 is 1.24 bits per heavy atom. The number of rotatable bonds is 13. The lowest BCUT2D eigenvalue weighted by Gasteiger charge is -2.53. The van der Waals surface area contributed by atoms with Gasteiger partial charge in [-0.25, -0.2) is 56.4 Å². The Bertz CT molecular complexity index is 2280. The van der Waals surface area contributed by atoms with E-state index < -0.39 is 144 Å². The van der Waals surface area contributed by atoms with E-state index in [9.17, 15) is 69.6 Å². The lowest BCUT2D eigenvalue weighted by molar-refractivity contribution is -0.288. The van der Waals surface area contributed by atoms with Crippen molar-refractivity contribution in [1.29, 1.82) is 0 Å². The number of hydrogen-bond acceptors (Lipinski definition) is 9. The van der Waals surface area contributed by atoms with Gasteiger partial charge in [-0.15, -0.1) is 5.06 Å². The van der Waals surface area contributed by atoms with Crippen LogP contribution in [0.2, 0.25) is 0 Å². The van der Waals surface area contributed by atoms with Gasteiger partial charge in [0.1, 0.15) is 5.41 Å². The molecule has 0 saturated carbocycles. The molecule has 0 radical (unpaired) electrons. The normalized spacial score (nSPS) is 17.9. The van der Waals surface area contributed by atoms with Crippen molar-refractivity contribution in [2.24, 2.45) is 11.3 Å². The molecule has 27 heteroatoms. The predicted octanol–water partition coefficient (Wildman–Crippen LogP) is 8.33. The molecular formula is C31H22F15NO8S3. The topological polar surface area (TPSA) is 132 Å². The van der Waals surface area contributed by atoms with Gasteiger partial charge in [0.05, 0.1) is 20.6 Å². The van der Waals surface area contributed by atoms with Crippen molar-refractivity contribution in [1.82, 2.24) is 5.06 Å². The summed E-state index contributed by atoms with van der Waals surface area (Å²) in [5.74, 6) is -8.53. The number of hydroxylamine groups is 2. The van der Waals surface area contributed by atoms with Crippen LogP contribution in [0.25, 0.3) is 0 Å². The van der Waals surface area contributed by atoms with Crippen LogP contribution in [0.3, 0.4) is 0 Å². The fraction of sp³-hybridized carbons (Fsp3) is 0.387. The van der Waals surface area contributed by atoms with Crippen LogP contribution in [0.5, 0.6) is 0 Å². The van der Waals surface area contributed by atoms with Gasteiger partial charge in [0.25, 0.3) is 19.3 Å². The van der Waals surface area contributed by atoms with Gasteiger partial charge in [-0.1, -0.05) is 54.6 Å². The molecule has 322 valence electrons. The van der Waals surface area contributed by atoms with Crippen molar-refractivity contribution in [2.45, 2.75) is 62.3 Å². The third kappa shape index (κ3) is 7.28. The Morgan fingerprint density at radius 2 is 0.914 bits per heavy atom. The number of hydrogen-bond donors (Lipinski definition) is 0. The summed E-state index contributed by atoms with van der Waals surface area (Å²) in [6.45, 7) is -5.21. The number of alkyl halides is 15. The molecule has 0 N–H and O–H groups in total. The fourth-order valence-corrected chi connectivity index (χ4v) is 11.7. The van der Waals surface area contributed by atoms with E-state index in [1.165, 1.54) is 0 Å². The highest BCUT2D eigenvalue weighted by Crippen LogP contribution is 2.67. The summed E-state index contributed by atoms with van der Waals surface area (Å²) in [6.07, 6.45) is -21.5. The molecule has 0 aliphatic carbocycles. The molecule has 0 bridgehead atoms. The van der Waals surface area contributed by atoms with E-state index in [1.54, 1.807) is 0 Å². The first kappa shape index (κ1) is 46.6. The van der Waals surface area contributed by atoms with Crippen LogP contribution in [-0.2, 0) is 39.1 Å². The second-order valence-corrected chi connectivity index (χ2v) is 18.1. The van der Waals surface area contributed by atoms with Crippen LogP contribution in [0.15, 0.2) is 87.5 Å². The van der Waals surface area contributed by atoms with Gasteiger partial charge in [0, 0.05) is 29.8 Å². The van der Waals surface area contributed by atoms with E-state index >= 15 is 26.3 Å². The maximum absolute atomic E-state index is 17.3. The minimum atomic E-state index is -7.57. The molecule has 3 aromatic rings. The summed E-state index contributed by atoms with van der Waals surface area (Å²) in [7, 11) is -22.5. The first-order valence-corrected chi connectivity index (χ1v) is 19.8. The van der Waals surface area contributed by atoms with Crippen molar-refractivity contribution < 1.29 is 101 Å². The molecule has 0 aromatic heterocycles. The molecule has 1 heterocycles. The van der Waals surface area contributed by atoms with E-state index in [4.69, 9.17) is 0 Å². The lowest BCUT2D eigenvalue weighted by atomic mass is 9.70. The highest BCUT2D eigenvalue weighted by Gasteiger charge is 2.85. The minimum absolute atomic E-state index is 0.0851. The highest BCUT2D eigenvalue weighted by molar-refractivity contribution is 7.94. The molecule has 9 nitrogen and oxygen atoms in total. The quantitative estimate of drug-likeness (QED) is 0.155. The van der Waals surface area contributed by atoms with Gasteiger partial charge in [-0.05, 0) is 24.6 Å². The van der Waals surface area contributed by atoms with Crippen molar-refractivity contribution >= 4 is 35.5 Å². The largest absolute Gasteiger partial charge is 0.492 e. The zero-order valence-electron chi connectivity index (χ0n) is 28.0. The van der Waals surface area contributed by atoms with Crippen molar-refractivity contribution in [3.05, 3.63) is 89.5 Å². The van der Waals surface area contributed by atoms with Crippen molar-refractivity contribution in [3.8, 4) is 0 Å². The Hall–Kier alpha value is -4.11. The molecule has 1 aliphatic heterocycles. The number of carbonyl (C=O) groups excluding carboxylic acids is 1. The summed E-state index contributed by atoms with van der Waals surface area (Å²) in [4.78, 5) is 8.38. The number of benzene rings is 3. The van der Waals surface area contributed by atoms with Gasteiger partial charge in [0.2, 0.25) is 29.5 Å². The van der Waals surface area contributed by atoms with E-state index in [1.807, 2.05) is 0 Å². The molecule has 1 fully saturated rings. The maximum atomic E-state index is 17.3. The maximum Gasteiger partial charge on any atom is 0.492 e. The Kier molecular flexibility index (Phi) is 12.4. The van der Waals surface area contributed by atoms with Crippen LogP contribution in [-0.4, -0.2) is 71.3 Å². The van der Waals surface area contributed by atoms with E-state index in [0.717, 1.165) is 0 Å². The zero-order valence-corrected chi connectivity index (χ0v) is 30.4. The molecule has 0 spiro atoms. The van der Waals surface area contributed by atoms with E-state index in [-0.39, 0.29) is 36.4 Å². The van der Waals surface area contributed by atoms with Crippen molar-refractivity contribution in [2.75, 3.05) is 13.1 Å². The van der Waals surface area contributed by atoms with Gasteiger partial charge in [-0.2, -0.15) is 39.5 Å². The van der Waals surface area contributed by atoms with Crippen LogP contribution >= 0.6 is 0 Å². The summed E-state index contributed by atoms with van der Waals surface area (Å²) < 4.78 is 309. The first-order chi connectivity index (χ1) is 26.4. The molecule has 1 aliphatic rings. The second kappa shape index (κ2) is 15.5. The number of carbonyl (C=O) groups is 1. The number of sulfone groups is 3. The zero-order chi connectivity index (χ0) is 44.2. The fourth-order valence-electron chi connectivity index (χ4n) is 6.24. The monoisotopic (exact) mass is 917 g/mol. The average Bonchev–Trinajstić information content (AvgIpc) is 3.13. The summed E-state index contributed by atoms with van der Waals surface area (Å²) in [5, 5.41) is -21.7. The molecule has 3 aromatic carbocycles. The van der Waals surface area contributed by atoms with Crippen LogP contribution in [0.4, 0.5) is 65.9 Å². The number of halogens is 15. The Labute approximate surface area is 317 Å². The SMILES string of the molecule is O=C(ON1CCC(C(F)(F)S(=O)(=O)c2ccccc2C(F)F)(C(F)(F)S(=O)(=O)c2ccccc2C(F)F)C(C(F)(F)S(=O)(=O)c2ccccc2C(F)F)C1)C(F)(F)F. The van der Waals surface area contributed by atoms with E-state index in [0.29, 0.717) is 36.4 Å². The van der Waals surface area contributed by atoms with Crippen LogP contribution in [0.1, 0.15) is 42.4 Å². The molecular weight excluding hydrogens is 896 g/mol. The number of nitrogens with zero attached hydrogens (tertiary/aromatic N) is 1. The van der Waals surface area contributed by atoms with Gasteiger partial charge in [-0.3, -0.25) is 0 Å². The summed E-state index contributed by atoms with van der Waals surface area (Å²) in [5.41, 5.74) is -12.1. The standard InChI is InChI=1S/C31H22F15NO8S3/c32-23(33)16-7-1-4-10-19(16)56(49,50)29(41,42)22-15-47(55-26(48)28(38,39)40)14-13-27(22,30(43,44)57(51,52)20-11-5-2-8-17(20)24(34)35)31(45,46)58(53,54)21-12-6-3-9-18(21)25(36)37/h1-12,22-25H,13-15H2. The lowest BCUT2D eigenvalue weighted by Crippen LogP contribution is -2.72. The third-order valence-electron chi connectivity index (χ3n) is 8.99. The minimum Gasteiger partial charge on any atom is -0.361 e. The summed E-state index contributed by atoms with van der Waals surface area (Å²) in [6, 6.07) is 2.87. The highest BCUT2D eigenvalue weighted by atomic mass is 32.2. The van der Waals surface area contributed by atoms with Gasteiger partial charge in [0.15, 0.2) is 0 Å². The Morgan fingerprint density at radius 1 is 0.586 bits per heavy atom. The number of piperidine rings is 1. The molecule has 4 rings (SSSR count). The summed E-state index contributed by atoms with van der Waals surface area (Å²) >= 11 is 0. The second-order valence-electron chi connectivity index (χ2n) is 12.2. The molecule has 1 saturated heterocycles.